The van der Waals surface area contributed by atoms with E-state index in [-0.39, 0.29) is 11.0 Å². The molecule has 3 aromatic rings. The van der Waals surface area contributed by atoms with Gasteiger partial charge in [-0.2, -0.15) is 0 Å². The topological polar surface area (TPSA) is 93.4 Å². The summed E-state index contributed by atoms with van der Waals surface area (Å²) in [5, 5.41) is 6.21. The molecule has 0 aliphatic carbocycles. The number of thiocarbonyl (C=S) groups is 1. The van der Waals surface area contributed by atoms with Crippen LogP contribution in [0.25, 0.3) is 0 Å². The SMILES string of the molecule is CCc1c(C)sc(NC(=S)NC(=O)c2ccc(OCCc3ccccc3)cc2)c1C(N)=O. The molecule has 0 atom stereocenters. The number of ether oxygens (including phenoxy) is 1. The van der Waals surface area contributed by atoms with E-state index in [1.54, 1.807) is 24.3 Å². The molecule has 2 aromatic carbocycles. The number of rotatable bonds is 8. The summed E-state index contributed by atoms with van der Waals surface area (Å²) >= 11 is 6.65. The Morgan fingerprint density at radius 3 is 2.41 bits per heavy atom. The van der Waals surface area contributed by atoms with Crippen LogP contribution in [0, 0.1) is 6.92 Å². The molecule has 4 N–H and O–H groups in total. The zero-order valence-electron chi connectivity index (χ0n) is 17.9. The highest BCUT2D eigenvalue weighted by Gasteiger charge is 2.20. The van der Waals surface area contributed by atoms with Gasteiger partial charge in [0.15, 0.2) is 5.11 Å². The fourth-order valence-corrected chi connectivity index (χ4v) is 4.71. The second-order valence-corrected chi connectivity index (χ2v) is 8.71. The third-order valence-electron chi connectivity index (χ3n) is 4.88. The van der Waals surface area contributed by atoms with E-state index < -0.39 is 5.91 Å². The number of nitrogens with one attached hydrogen (secondary N) is 2. The van der Waals surface area contributed by atoms with Crippen LogP contribution in [0.1, 0.15) is 43.6 Å². The van der Waals surface area contributed by atoms with E-state index in [0.717, 1.165) is 16.9 Å². The molecule has 0 aliphatic heterocycles. The van der Waals surface area contributed by atoms with E-state index in [4.69, 9.17) is 22.7 Å². The van der Waals surface area contributed by atoms with E-state index in [9.17, 15) is 9.59 Å². The Hall–Kier alpha value is -3.23. The summed E-state index contributed by atoms with van der Waals surface area (Å²) in [7, 11) is 0. The molecule has 0 saturated heterocycles. The average molecular weight is 468 g/mol. The van der Waals surface area contributed by atoms with E-state index in [0.29, 0.717) is 34.9 Å². The fourth-order valence-electron chi connectivity index (χ4n) is 3.30. The summed E-state index contributed by atoms with van der Waals surface area (Å²) in [6.07, 6.45) is 1.49. The number of anilines is 1. The summed E-state index contributed by atoms with van der Waals surface area (Å²) in [6, 6.07) is 16.9. The molecule has 1 heterocycles. The summed E-state index contributed by atoms with van der Waals surface area (Å²) in [5.41, 5.74) is 8.50. The molecule has 0 fully saturated rings. The van der Waals surface area contributed by atoms with Crippen LogP contribution in [0.5, 0.6) is 5.75 Å². The number of carbonyl (C=O) groups is 2. The number of aryl methyl sites for hydroxylation is 1. The molecular weight excluding hydrogens is 442 g/mol. The smallest absolute Gasteiger partial charge is 0.257 e. The van der Waals surface area contributed by atoms with Gasteiger partial charge < -0.3 is 15.8 Å². The van der Waals surface area contributed by atoms with Crippen molar-refractivity contribution >= 4 is 45.5 Å². The van der Waals surface area contributed by atoms with E-state index in [1.165, 1.54) is 16.9 Å². The molecule has 2 amide bonds. The molecule has 0 aliphatic rings. The highest BCUT2D eigenvalue weighted by Crippen LogP contribution is 2.33. The first-order valence-electron chi connectivity index (χ1n) is 10.2. The van der Waals surface area contributed by atoms with Crippen LogP contribution in [0.4, 0.5) is 5.00 Å². The summed E-state index contributed by atoms with van der Waals surface area (Å²) < 4.78 is 5.75. The Kier molecular flexibility index (Phi) is 7.97. The minimum absolute atomic E-state index is 0.101. The standard InChI is InChI=1S/C24H25N3O3S2/c1-3-19-15(2)32-23(20(19)21(25)28)27-24(31)26-22(29)17-9-11-18(12-10-17)30-14-13-16-7-5-4-6-8-16/h4-12H,3,13-14H2,1-2H3,(H2,25,28)(H2,26,27,29,31). The van der Waals surface area contributed by atoms with Crippen LogP contribution < -0.4 is 21.1 Å². The van der Waals surface area contributed by atoms with Crippen molar-refractivity contribution < 1.29 is 14.3 Å². The van der Waals surface area contributed by atoms with Gasteiger partial charge in [0.1, 0.15) is 10.8 Å². The average Bonchev–Trinajstić information content (AvgIpc) is 3.09. The van der Waals surface area contributed by atoms with Gasteiger partial charge >= 0.3 is 0 Å². The predicted octanol–water partition coefficient (Wildman–Crippen LogP) is 4.47. The molecule has 3 rings (SSSR count). The maximum Gasteiger partial charge on any atom is 0.257 e. The first kappa shape index (κ1) is 23.4. The van der Waals surface area contributed by atoms with Crippen molar-refractivity contribution in [2.75, 3.05) is 11.9 Å². The van der Waals surface area contributed by atoms with E-state index in [1.807, 2.05) is 32.0 Å². The maximum absolute atomic E-state index is 12.5. The quantitative estimate of drug-likeness (QED) is 0.425. The Labute approximate surface area is 196 Å². The van der Waals surface area contributed by atoms with Gasteiger partial charge in [0.2, 0.25) is 0 Å². The third-order valence-corrected chi connectivity index (χ3v) is 6.15. The Balaban J connectivity index is 1.55. The minimum Gasteiger partial charge on any atom is -0.493 e. The molecule has 0 radical (unpaired) electrons. The largest absolute Gasteiger partial charge is 0.493 e. The summed E-state index contributed by atoms with van der Waals surface area (Å²) in [6.45, 7) is 4.43. The lowest BCUT2D eigenvalue weighted by Crippen LogP contribution is -2.34. The van der Waals surface area contributed by atoms with Crippen molar-refractivity contribution in [3.8, 4) is 5.75 Å². The first-order chi connectivity index (χ1) is 15.4. The third kappa shape index (κ3) is 5.93. The van der Waals surface area contributed by atoms with E-state index in [2.05, 4.69) is 22.8 Å². The highest BCUT2D eigenvalue weighted by molar-refractivity contribution is 7.80. The van der Waals surface area contributed by atoms with Gasteiger partial charge in [-0.3, -0.25) is 14.9 Å². The molecule has 0 spiro atoms. The molecule has 6 nitrogen and oxygen atoms in total. The number of hydrogen-bond donors (Lipinski definition) is 3. The zero-order chi connectivity index (χ0) is 23.1. The number of primary amides is 1. The van der Waals surface area contributed by atoms with Crippen molar-refractivity contribution in [2.24, 2.45) is 5.73 Å². The molecule has 0 unspecified atom stereocenters. The van der Waals surface area contributed by atoms with Gasteiger partial charge in [0.25, 0.3) is 11.8 Å². The minimum atomic E-state index is -0.523. The lowest BCUT2D eigenvalue weighted by atomic mass is 10.1. The van der Waals surface area contributed by atoms with Crippen LogP contribution in [-0.4, -0.2) is 23.5 Å². The second kappa shape index (κ2) is 10.9. The van der Waals surface area contributed by atoms with Crippen LogP contribution in [-0.2, 0) is 12.8 Å². The Bertz CT molecular complexity index is 1110. The first-order valence-corrected chi connectivity index (χ1v) is 11.4. The lowest BCUT2D eigenvalue weighted by molar-refractivity contribution is 0.0975. The van der Waals surface area contributed by atoms with Gasteiger partial charge in [-0.05, 0) is 61.0 Å². The molecule has 166 valence electrons. The molecule has 8 heteroatoms. The van der Waals surface area contributed by atoms with Crippen molar-refractivity contribution in [3.05, 3.63) is 81.7 Å². The van der Waals surface area contributed by atoms with Gasteiger partial charge in [0.05, 0.1) is 12.2 Å². The van der Waals surface area contributed by atoms with Crippen LogP contribution in [0.15, 0.2) is 54.6 Å². The molecule has 32 heavy (non-hydrogen) atoms. The number of nitrogens with two attached hydrogens (primary N) is 1. The predicted molar refractivity (Wildman–Crippen MR) is 133 cm³/mol. The number of amides is 2. The van der Waals surface area contributed by atoms with Gasteiger partial charge in [-0.25, -0.2) is 0 Å². The number of benzene rings is 2. The number of thiophene rings is 1. The lowest BCUT2D eigenvalue weighted by Gasteiger charge is -2.10. The second-order valence-electron chi connectivity index (χ2n) is 7.08. The van der Waals surface area contributed by atoms with Crippen molar-refractivity contribution in [2.45, 2.75) is 26.7 Å². The number of carbonyl (C=O) groups excluding carboxylic acids is 2. The van der Waals surface area contributed by atoms with Crippen molar-refractivity contribution in [1.29, 1.82) is 0 Å². The Morgan fingerprint density at radius 1 is 1.09 bits per heavy atom. The van der Waals surface area contributed by atoms with Crippen LogP contribution in [0.2, 0.25) is 0 Å². The van der Waals surface area contributed by atoms with Gasteiger partial charge in [-0.15, -0.1) is 11.3 Å². The van der Waals surface area contributed by atoms with Crippen molar-refractivity contribution in [1.82, 2.24) is 5.32 Å². The molecular formula is C24H25N3O3S2. The fraction of sp³-hybridized carbons (Fsp3) is 0.208. The Morgan fingerprint density at radius 2 is 1.78 bits per heavy atom. The van der Waals surface area contributed by atoms with Gasteiger partial charge in [0, 0.05) is 16.9 Å². The molecule has 0 bridgehead atoms. The maximum atomic E-state index is 12.5. The normalized spacial score (nSPS) is 10.4. The van der Waals surface area contributed by atoms with E-state index >= 15 is 0 Å². The monoisotopic (exact) mass is 467 g/mol. The number of hydrogen-bond acceptors (Lipinski definition) is 5. The van der Waals surface area contributed by atoms with Gasteiger partial charge in [-0.1, -0.05) is 37.3 Å². The molecule has 1 aromatic heterocycles. The van der Waals surface area contributed by atoms with Crippen LogP contribution >= 0.6 is 23.6 Å². The summed E-state index contributed by atoms with van der Waals surface area (Å²) in [5.74, 6) is -0.195. The zero-order valence-corrected chi connectivity index (χ0v) is 19.6. The van der Waals surface area contributed by atoms with Crippen molar-refractivity contribution in [3.63, 3.8) is 0 Å². The van der Waals surface area contributed by atoms with Crippen LogP contribution in [0.3, 0.4) is 0 Å². The molecule has 0 saturated carbocycles. The highest BCUT2D eigenvalue weighted by atomic mass is 32.1. The summed E-state index contributed by atoms with van der Waals surface area (Å²) in [4.78, 5) is 25.4.